The summed E-state index contributed by atoms with van der Waals surface area (Å²) in [7, 11) is 0. The highest BCUT2D eigenvalue weighted by atomic mass is 16.3. The number of benzene rings is 2. The molecule has 24 heavy (non-hydrogen) atoms. The Morgan fingerprint density at radius 3 is 2.17 bits per heavy atom. The number of likely N-dealkylation sites (tertiary alicyclic amines) is 1. The third-order valence-electron chi connectivity index (χ3n) is 4.96. The van der Waals surface area contributed by atoms with E-state index in [9.17, 15) is 4.79 Å². The van der Waals surface area contributed by atoms with Gasteiger partial charge in [0, 0.05) is 32.0 Å². The number of nitrogens with zero attached hydrogens (tertiary/aromatic N) is 1. The van der Waals surface area contributed by atoms with Gasteiger partial charge in [0.25, 0.3) is 0 Å². The number of carbonyl (C=O) groups excluding carboxylic acids is 1. The Labute approximate surface area is 143 Å². The largest absolute Gasteiger partial charge is 0.396 e. The second kappa shape index (κ2) is 8.11. The Morgan fingerprint density at radius 1 is 1.04 bits per heavy atom. The first kappa shape index (κ1) is 16.7. The third kappa shape index (κ3) is 4.04. The molecule has 1 heterocycles. The van der Waals surface area contributed by atoms with Gasteiger partial charge in [-0.1, -0.05) is 60.7 Å². The molecule has 0 radical (unpaired) electrons. The topological polar surface area (TPSA) is 40.5 Å². The van der Waals surface area contributed by atoms with Gasteiger partial charge in [-0.2, -0.15) is 0 Å². The molecule has 1 unspecified atom stereocenters. The van der Waals surface area contributed by atoms with Crippen molar-refractivity contribution in [2.24, 2.45) is 5.92 Å². The predicted molar refractivity (Wildman–Crippen MR) is 95.7 cm³/mol. The van der Waals surface area contributed by atoms with E-state index >= 15 is 0 Å². The van der Waals surface area contributed by atoms with Gasteiger partial charge in [-0.25, -0.2) is 0 Å². The summed E-state index contributed by atoms with van der Waals surface area (Å²) in [5.41, 5.74) is 2.37. The lowest BCUT2D eigenvalue weighted by atomic mass is 9.88. The SMILES string of the molecule is O=C(CC(c1ccccc1)c1ccccc1)N1CCC(CCO)C1. The van der Waals surface area contributed by atoms with Crippen LogP contribution in [-0.4, -0.2) is 35.6 Å². The van der Waals surface area contributed by atoms with Crippen molar-refractivity contribution < 1.29 is 9.90 Å². The summed E-state index contributed by atoms with van der Waals surface area (Å²) in [4.78, 5) is 14.8. The molecule has 126 valence electrons. The zero-order valence-electron chi connectivity index (χ0n) is 14.0. The minimum atomic E-state index is 0.0943. The Morgan fingerprint density at radius 2 is 1.62 bits per heavy atom. The van der Waals surface area contributed by atoms with E-state index in [2.05, 4.69) is 24.3 Å². The summed E-state index contributed by atoms with van der Waals surface area (Å²) in [6, 6.07) is 20.5. The molecule has 0 bridgehead atoms. The molecule has 2 aromatic rings. The summed E-state index contributed by atoms with van der Waals surface area (Å²) >= 11 is 0. The summed E-state index contributed by atoms with van der Waals surface area (Å²) < 4.78 is 0. The van der Waals surface area contributed by atoms with Gasteiger partial charge >= 0.3 is 0 Å². The second-order valence-electron chi connectivity index (χ2n) is 6.58. The van der Waals surface area contributed by atoms with Crippen molar-refractivity contribution in [3.05, 3.63) is 71.8 Å². The fourth-order valence-electron chi connectivity index (χ4n) is 3.58. The van der Waals surface area contributed by atoms with E-state index in [-0.39, 0.29) is 18.4 Å². The molecule has 1 N–H and O–H groups in total. The van der Waals surface area contributed by atoms with Crippen molar-refractivity contribution in [1.29, 1.82) is 0 Å². The fourth-order valence-corrected chi connectivity index (χ4v) is 3.58. The number of carbonyl (C=O) groups is 1. The van der Waals surface area contributed by atoms with Crippen LogP contribution in [0.2, 0.25) is 0 Å². The van der Waals surface area contributed by atoms with E-state index in [1.807, 2.05) is 41.3 Å². The molecule has 1 aliphatic rings. The summed E-state index contributed by atoms with van der Waals surface area (Å²) in [6.45, 7) is 1.82. The van der Waals surface area contributed by atoms with Crippen molar-refractivity contribution in [3.8, 4) is 0 Å². The molecule has 0 saturated carbocycles. The lowest BCUT2D eigenvalue weighted by Gasteiger charge is -2.22. The van der Waals surface area contributed by atoms with Crippen LogP contribution in [-0.2, 0) is 4.79 Å². The van der Waals surface area contributed by atoms with Gasteiger partial charge in [0.05, 0.1) is 0 Å². The van der Waals surface area contributed by atoms with Crippen LogP contribution in [0.15, 0.2) is 60.7 Å². The maximum Gasteiger partial charge on any atom is 0.223 e. The second-order valence-corrected chi connectivity index (χ2v) is 6.58. The summed E-state index contributed by atoms with van der Waals surface area (Å²) in [5.74, 6) is 0.760. The van der Waals surface area contributed by atoms with Crippen LogP contribution in [0.5, 0.6) is 0 Å². The fraction of sp³-hybridized carbons (Fsp3) is 0.381. The maximum absolute atomic E-state index is 12.8. The van der Waals surface area contributed by atoms with Crippen LogP contribution in [0.3, 0.4) is 0 Å². The molecule has 3 nitrogen and oxygen atoms in total. The number of hydrogen-bond donors (Lipinski definition) is 1. The Hall–Kier alpha value is -2.13. The predicted octanol–water partition coefficient (Wildman–Crippen LogP) is 3.44. The van der Waals surface area contributed by atoms with Crippen molar-refractivity contribution in [1.82, 2.24) is 4.90 Å². The van der Waals surface area contributed by atoms with Crippen LogP contribution in [0.4, 0.5) is 0 Å². The molecule has 1 amide bonds. The van der Waals surface area contributed by atoms with Crippen molar-refractivity contribution in [3.63, 3.8) is 0 Å². The van der Waals surface area contributed by atoms with Crippen molar-refractivity contribution in [2.75, 3.05) is 19.7 Å². The Balaban J connectivity index is 1.74. The molecule has 3 rings (SSSR count). The number of aliphatic hydroxyl groups excluding tert-OH is 1. The Bertz CT molecular complexity index is 602. The molecule has 0 aliphatic carbocycles. The lowest BCUT2D eigenvalue weighted by molar-refractivity contribution is -0.130. The molecule has 1 fully saturated rings. The summed E-state index contributed by atoms with van der Waals surface area (Å²) in [6.07, 6.45) is 2.30. The number of amides is 1. The van der Waals surface area contributed by atoms with Gasteiger partial charge in [0.2, 0.25) is 5.91 Å². The maximum atomic E-state index is 12.8. The van der Waals surface area contributed by atoms with Gasteiger partial charge < -0.3 is 10.0 Å². The minimum Gasteiger partial charge on any atom is -0.396 e. The first-order valence-electron chi connectivity index (χ1n) is 8.76. The highest BCUT2D eigenvalue weighted by molar-refractivity contribution is 5.78. The molecule has 1 atom stereocenters. The Kier molecular flexibility index (Phi) is 5.65. The molecule has 3 heteroatoms. The molecule has 0 aromatic heterocycles. The van der Waals surface area contributed by atoms with Gasteiger partial charge in [-0.15, -0.1) is 0 Å². The van der Waals surface area contributed by atoms with Crippen LogP contribution in [0.1, 0.15) is 36.3 Å². The molecule has 1 aliphatic heterocycles. The highest BCUT2D eigenvalue weighted by Gasteiger charge is 2.28. The molecular formula is C21H25NO2. The van der Waals surface area contributed by atoms with Gasteiger partial charge in [0.1, 0.15) is 0 Å². The van der Waals surface area contributed by atoms with Crippen LogP contribution < -0.4 is 0 Å². The first-order chi connectivity index (χ1) is 11.8. The molecule has 1 saturated heterocycles. The van der Waals surface area contributed by atoms with Crippen LogP contribution in [0, 0.1) is 5.92 Å². The monoisotopic (exact) mass is 323 g/mol. The lowest BCUT2D eigenvalue weighted by Crippen LogP contribution is -2.30. The quantitative estimate of drug-likeness (QED) is 0.884. The van der Waals surface area contributed by atoms with E-state index < -0.39 is 0 Å². The minimum absolute atomic E-state index is 0.0943. The van der Waals surface area contributed by atoms with E-state index in [0.717, 1.165) is 25.9 Å². The van der Waals surface area contributed by atoms with Crippen molar-refractivity contribution in [2.45, 2.75) is 25.2 Å². The molecule has 0 spiro atoms. The van der Waals surface area contributed by atoms with Crippen molar-refractivity contribution >= 4 is 5.91 Å². The smallest absolute Gasteiger partial charge is 0.223 e. The van der Waals surface area contributed by atoms with Crippen LogP contribution in [0.25, 0.3) is 0 Å². The third-order valence-corrected chi connectivity index (χ3v) is 4.96. The standard InChI is InChI=1S/C21H25NO2/c23-14-12-17-11-13-22(16-17)21(24)15-20(18-7-3-1-4-8-18)19-9-5-2-6-10-19/h1-10,17,20,23H,11-16H2. The average Bonchev–Trinajstić information content (AvgIpc) is 3.10. The van der Waals surface area contributed by atoms with Crippen LogP contribution >= 0.6 is 0 Å². The van der Waals surface area contributed by atoms with E-state index in [1.165, 1.54) is 11.1 Å². The van der Waals surface area contributed by atoms with Gasteiger partial charge in [0.15, 0.2) is 0 Å². The number of aliphatic hydroxyl groups is 1. The van der Waals surface area contributed by atoms with E-state index in [1.54, 1.807) is 0 Å². The first-order valence-corrected chi connectivity index (χ1v) is 8.76. The number of hydrogen-bond acceptors (Lipinski definition) is 2. The zero-order valence-corrected chi connectivity index (χ0v) is 14.0. The zero-order chi connectivity index (χ0) is 16.8. The van der Waals surface area contributed by atoms with Gasteiger partial charge in [-0.05, 0) is 29.9 Å². The van der Waals surface area contributed by atoms with Gasteiger partial charge in [-0.3, -0.25) is 4.79 Å². The van der Waals surface area contributed by atoms with E-state index in [0.29, 0.717) is 12.3 Å². The van der Waals surface area contributed by atoms with E-state index in [4.69, 9.17) is 5.11 Å². The summed E-state index contributed by atoms with van der Waals surface area (Å²) in [5, 5.41) is 9.09. The molecular weight excluding hydrogens is 298 g/mol. The normalized spacial score (nSPS) is 17.4. The highest BCUT2D eigenvalue weighted by Crippen LogP contribution is 2.30. The average molecular weight is 323 g/mol. The number of rotatable bonds is 6. The molecule has 2 aromatic carbocycles.